The Morgan fingerprint density at radius 1 is 1.06 bits per heavy atom. The van der Waals surface area contributed by atoms with E-state index in [1.807, 2.05) is 10.2 Å². The molecule has 1 heterocycles. The first-order chi connectivity index (χ1) is 7.50. The second-order valence-corrected chi connectivity index (χ2v) is 3.83. The Kier molecular flexibility index (Phi) is 2.50. The molecule has 5 nitrogen and oxygen atoms in total. The van der Waals surface area contributed by atoms with Crippen LogP contribution < -0.4 is 11.4 Å². The van der Waals surface area contributed by atoms with Crippen LogP contribution in [0.25, 0.3) is 5.69 Å². The van der Waals surface area contributed by atoms with Gasteiger partial charge in [0.25, 0.3) is 0 Å². The lowest BCUT2D eigenvalue weighted by Crippen LogP contribution is -2.26. The highest BCUT2D eigenvalue weighted by Crippen LogP contribution is 2.20. The molecule has 2 N–H and O–H groups in total. The lowest BCUT2D eigenvalue weighted by molar-refractivity contribution is 0.563. The van der Waals surface area contributed by atoms with Crippen molar-refractivity contribution in [3.63, 3.8) is 0 Å². The van der Waals surface area contributed by atoms with Crippen molar-refractivity contribution in [2.75, 3.05) is 0 Å². The monoisotopic (exact) mass is 291 g/mol. The van der Waals surface area contributed by atoms with Crippen LogP contribution >= 0.6 is 15.9 Å². The molecule has 84 valence electrons. The van der Waals surface area contributed by atoms with Gasteiger partial charge in [-0.05, 0) is 12.1 Å². The first-order valence-electron chi connectivity index (χ1n) is 4.05. The van der Waals surface area contributed by atoms with Gasteiger partial charge in [-0.3, -0.25) is 0 Å². The number of rotatable bonds is 1. The third-order valence-corrected chi connectivity index (χ3v) is 2.35. The second kappa shape index (κ2) is 3.71. The van der Waals surface area contributed by atoms with Gasteiger partial charge in [0.2, 0.25) is 0 Å². The molecule has 2 aromatic rings. The first kappa shape index (κ1) is 10.8. The summed E-state index contributed by atoms with van der Waals surface area (Å²) in [6, 6.07) is 1.91. The molecule has 16 heavy (non-hydrogen) atoms. The zero-order valence-corrected chi connectivity index (χ0v) is 9.14. The van der Waals surface area contributed by atoms with Crippen LogP contribution in [0.1, 0.15) is 0 Å². The van der Waals surface area contributed by atoms with E-state index >= 15 is 0 Å². The summed E-state index contributed by atoms with van der Waals surface area (Å²) < 4.78 is 27.4. The molecule has 0 amide bonds. The molecule has 0 saturated carbocycles. The van der Waals surface area contributed by atoms with E-state index in [1.54, 1.807) is 0 Å². The molecule has 0 atom stereocenters. The highest BCUT2D eigenvalue weighted by molar-refractivity contribution is 9.10. The van der Waals surface area contributed by atoms with Crippen molar-refractivity contribution in [2.45, 2.75) is 0 Å². The zero-order chi connectivity index (χ0) is 11.9. The molecule has 0 radical (unpaired) electrons. The summed E-state index contributed by atoms with van der Waals surface area (Å²) >= 11 is 2.89. The first-order valence-corrected chi connectivity index (χ1v) is 4.84. The van der Waals surface area contributed by atoms with E-state index in [9.17, 15) is 18.4 Å². The molecule has 0 aliphatic rings. The van der Waals surface area contributed by atoms with E-state index in [0.717, 1.165) is 12.1 Å². The second-order valence-electron chi connectivity index (χ2n) is 2.91. The van der Waals surface area contributed by atoms with Crippen molar-refractivity contribution in [3.8, 4) is 5.69 Å². The van der Waals surface area contributed by atoms with Gasteiger partial charge in [-0.1, -0.05) is 15.9 Å². The van der Waals surface area contributed by atoms with Crippen molar-refractivity contribution >= 4 is 15.9 Å². The van der Waals surface area contributed by atoms with Gasteiger partial charge in [0.05, 0.1) is 0 Å². The van der Waals surface area contributed by atoms with E-state index in [1.165, 1.54) is 0 Å². The molecule has 0 spiro atoms. The Balaban J connectivity index is 2.85. The molecule has 0 bridgehead atoms. The van der Waals surface area contributed by atoms with E-state index in [2.05, 4.69) is 15.9 Å². The van der Waals surface area contributed by atoms with Gasteiger partial charge in [-0.25, -0.2) is 33.1 Å². The van der Waals surface area contributed by atoms with Crippen LogP contribution in [0.5, 0.6) is 0 Å². The van der Waals surface area contributed by atoms with Crippen molar-refractivity contribution in [1.82, 2.24) is 14.8 Å². The SMILES string of the molecule is O=c1[nH][nH]c(=O)n1-c1c(F)cc(Br)cc1F. The van der Waals surface area contributed by atoms with Gasteiger partial charge in [0.1, 0.15) is 5.69 Å². The van der Waals surface area contributed by atoms with E-state index in [4.69, 9.17) is 0 Å². The minimum atomic E-state index is -1.01. The zero-order valence-electron chi connectivity index (χ0n) is 7.55. The average molecular weight is 292 g/mol. The van der Waals surface area contributed by atoms with Gasteiger partial charge in [-0.15, -0.1) is 0 Å². The Labute approximate surface area is 94.8 Å². The molecule has 1 aromatic heterocycles. The van der Waals surface area contributed by atoms with Crippen LogP contribution in [0.2, 0.25) is 0 Å². The molecule has 0 aliphatic heterocycles. The molecule has 8 heteroatoms. The predicted molar refractivity (Wildman–Crippen MR) is 54.6 cm³/mol. The van der Waals surface area contributed by atoms with E-state index in [-0.39, 0.29) is 4.47 Å². The van der Waals surface area contributed by atoms with Gasteiger partial charge >= 0.3 is 11.4 Å². The summed E-state index contributed by atoms with van der Waals surface area (Å²) in [6.07, 6.45) is 0. The summed E-state index contributed by atoms with van der Waals surface area (Å²) in [5.74, 6) is -2.03. The fourth-order valence-corrected chi connectivity index (χ4v) is 1.66. The summed E-state index contributed by atoms with van der Waals surface area (Å²) in [7, 11) is 0. The Morgan fingerprint density at radius 3 is 1.94 bits per heavy atom. The maximum atomic E-state index is 13.4. The van der Waals surface area contributed by atoms with E-state index in [0.29, 0.717) is 4.57 Å². The number of hydrogen-bond acceptors (Lipinski definition) is 2. The number of halogens is 3. The molecular formula is C8H4BrF2N3O2. The number of nitrogens with one attached hydrogen (secondary N) is 2. The molecule has 1 aromatic carbocycles. The highest BCUT2D eigenvalue weighted by atomic mass is 79.9. The number of aromatic nitrogens is 3. The van der Waals surface area contributed by atoms with Crippen molar-refractivity contribution in [3.05, 3.63) is 49.2 Å². The largest absolute Gasteiger partial charge is 0.349 e. The third-order valence-electron chi connectivity index (χ3n) is 1.89. The van der Waals surface area contributed by atoms with E-state index < -0.39 is 28.7 Å². The van der Waals surface area contributed by atoms with Gasteiger partial charge in [0.15, 0.2) is 11.6 Å². The third kappa shape index (κ3) is 1.60. The van der Waals surface area contributed by atoms with Crippen LogP contribution in [-0.4, -0.2) is 14.8 Å². The van der Waals surface area contributed by atoms with Crippen LogP contribution in [0, 0.1) is 11.6 Å². The molecule has 0 unspecified atom stereocenters. The van der Waals surface area contributed by atoms with Gasteiger partial charge < -0.3 is 0 Å². The number of benzene rings is 1. The maximum absolute atomic E-state index is 13.4. The van der Waals surface area contributed by atoms with Crippen molar-refractivity contribution in [2.24, 2.45) is 0 Å². The summed E-state index contributed by atoms with van der Waals surface area (Å²) in [4.78, 5) is 22.3. The highest BCUT2D eigenvalue weighted by Gasteiger charge is 2.17. The Morgan fingerprint density at radius 2 is 1.50 bits per heavy atom. The van der Waals surface area contributed by atoms with Gasteiger partial charge in [-0.2, -0.15) is 0 Å². The quantitative estimate of drug-likeness (QED) is 0.819. The number of nitrogens with zero attached hydrogens (tertiary/aromatic N) is 1. The van der Waals surface area contributed by atoms with Gasteiger partial charge in [0, 0.05) is 4.47 Å². The normalized spacial score (nSPS) is 10.7. The summed E-state index contributed by atoms with van der Waals surface area (Å²) in [5.41, 5.74) is -2.59. The number of hydrogen-bond donors (Lipinski definition) is 2. The Bertz CT molecular complexity index is 607. The summed E-state index contributed by atoms with van der Waals surface area (Å²) in [6.45, 7) is 0. The minimum Gasteiger partial charge on any atom is -0.247 e. The number of aromatic amines is 2. The molecule has 2 rings (SSSR count). The van der Waals surface area contributed by atoms with Crippen molar-refractivity contribution in [1.29, 1.82) is 0 Å². The van der Waals surface area contributed by atoms with Crippen LogP contribution in [0.4, 0.5) is 8.78 Å². The molecule has 0 aliphatic carbocycles. The van der Waals surface area contributed by atoms with Crippen LogP contribution in [-0.2, 0) is 0 Å². The predicted octanol–water partition coefficient (Wildman–Crippen LogP) is 0.895. The van der Waals surface area contributed by atoms with Crippen molar-refractivity contribution < 1.29 is 8.78 Å². The summed E-state index contributed by atoms with van der Waals surface area (Å²) in [5, 5.41) is 3.86. The number of H-pyrrole nitrogens is 2. The smallest absolute Gasteiger partial charge is 0.247 e. The fourth-order valence-electron chi connectivity index (χ4n) is 1.26. The fraction of sp³-hybridized carbons (Fsp3) is 0. The topological polar surface area (TPSA) is 70.7 Å². The molecular weight excluding hydrogens is 288 g/mol. The minimum absolute atomic E-state index is 0.172. The average Bonchev–Trinajstić information content (AvgIpc) is 2.47. The molecule has 0 saturated heterocycles. The standard InChI is InChI=1S/C8H4BrF2N3O2/c9-3-1-4(10)6(5(11)2-3)14-7(15)12-13-8(14)16/h1-2H,(H,12,15)(H,13,16). The van der Waals surface area contributed by atoms with Crippen LogP contribution in [0.3, 0.4) is 0 Å². The maximum Gasteiger partial charge on any atom is 0.349 e. The lowest BCUT2D eigenvalue weighted by Gasteiger charge is -2.03. The van der Waals surface area contributed by atoms with Crippen LogP contribution in [0.15, 0.2) is 26.2 Å². The Hall–Kier alpha value is -1.70. The molecule has 0 fully saturated rings. The lowest BCUT2D eigenvalue weighted by atomic mass is 10.3.